The largest absolute Gasteiger partial charge is 0.472 e. The number of carbonyl (C=O) groups excluding carboxylic acids is 1. The normalized spacial score (nSPS) is 11.0. The number of pyridine rings is 2. The molecule has 3 rings (SSSR count). The third-order valence-electron chi connectivity index (χ3n) is 3.06. The zero-order chi connectivity index (χ0) is 17.1. The predicted octanol–water partition coefficient (Wildman–Crippen LogP) is 3.43. The van der Waals surface area contributed by atoms with Crippen LogP contribution < -0.4 is 10.1 Å². The number of hydrogen-bond donors (Lipinski definition) is 1. The Hall–Kier alpha value is -3.03. The molecular formula is C16H13F2N3O3. The van der Waals surface area contributed by atoms with Crippen LogP contribution in [0.1, 0.15) is 16.2 Å². The lowest BCUT2D eigenvalue weighted by atomic mass is 10.3. The van der Waals surface area contributed by atoms with Gasteiger partial charge in [0.25, 0.3) is 12.3 Å². The zero-order valence-corrected chi connectivity index (χ0v) is 12.6. The number of anilines is 1. The van der Waals surface area contributed by atoms with Gasteiger partial charge in [-0.1, -0.05) is 6.07 Å². The van der Waals surface area contributed by atoms with Crippen molar-refractivity contribution >= 4 is 22.8 Å². The van der Waals surface area contributed by atoms with Gasteiger partial charge < -0.3 is 14.5 Å². The lowest BCUT2D eigenvalue weighted by Gasteiger charge is -2.06. The van der Waals surface area contributed by atoms with Crippen LogP contribution in [0.5, 0.6) is 5.88 Å². The topological polar surface area (TPSA) is 77.2 Å². The molecule has 0 saturated carbocycles. The average Bonchev–Trinajstić information content (AvgIpc) is 2.96. The molecule has 124 valence electrons. The number of rotatable bonds is 5. The number of aryl methyl sites for hydroxylation is 1. The Morgan fingerprint density at radius 2 is 2.12 bits per heavy atom. The summed E-state index contributed by atoms with van der Waals surface area (Å²) in [6, 6.07) is 9.50. The average molecular weight is 333 g/mol. The number of nitrogens with zero attached hydrogens (tertiary/aromatic N) is 2. The van der Waals surface area contributed by atoms with Crippen LogP contribution in [0, 0.1) is 6.92 Å². The first-order valence-corrected chi connectivity index (χ1v) is 7.08. The minimum Gasteiger partial charge on any atom is -0.472 e. The number of furan rings is 1. The van der Waals surface area contributed by atoms with Crippen molar-refractivity contribution < 1.29 is 22.7 Å². The summed E-state index contributed by atoms with van der Waals surface area (Å²) in [6.45, 7) is 1.07. The maximum absolute atomic E-state index is 12.2. The fourth-order valence-electron chi connectivity index (χ4n) is 2.03. The Balaban J connectivity index is 1.74. The second kappa shape index (κ2) is 6.61. The highest BCUT2D eigenvalue weighted by atomic mass is 19.3. The number of amides is 1. The Bertz CT molecular complexity index is 880. The molecule has 0 spiro atoms. The van der Waals surface area contributed by atoms with Gasteiger partial charge in [0.05, 0.1) is 0 Å². The fraction of sp³-hybridized carbons (Fsp3) is 0.188. The van der Waals surface area contributed by atoms with Gasteiger partial charge in [0, 0.05) is 17.8 Å². The van der Waals surface area contributed by atoms with E-state index in [2.05, 4.69) is 15.3 Å². The lowest BCUT2D eigenvalue weighted by molar-refractivity contribution is 0.0796. The van der Waals surface area contributed by atoms with Crippen molar-refractivity contribution in [1.82, 2.24) is 9.97 Å². The molecule has 0 saturated heterocycles. The first-order chi connectivity index (χ1) is 11.5. The minimum atomic E-state index is -2.60. The van der Waals surface area contributed by atoms with Crippen molar-refractivity contribution in [1.29, 1.82) is 0 Å². The standard InChI is InChI=1S/C16H13F2N3O3/c1-9-5-6-11-10(19-9)7-12(24-11)16(22)21-14-3-2-4-15(20-14)23-8-13(17)18/h2-7,13H,8H2,1H3,(H,20,21,22). The number of fused-ring (bicyclic) bond motifs is 1. The maximum atomic E-state index is 12.2. The molecule has 0 radical (unpaired) electrons. The highest BCUT2D eigenvalue weighted by Crippen LogP contribution is 2.19. The summed E-state index contributed by atoms with van der Waals surface area (Å²) in [4.78, 5) is 20.4. The maximum Gasteiger partial charge on any atom is 0.292 e. The van der Waals surface area contributed by atoms with Crippen LogP contribution in [0.15, 0.2) is 40.8 Å². The third kappa shape index (κ3) is 3.65. The van der Waals surface area contributed by atoms with Crippen LogP contribution >= 0.6 is 0 Å². The van der Waals surface area contributed by atoms with Crippen LogP contribution in [0.2, 0.25) is 0 Å². The summed E-state index contributed by atoms with van der Waals surface area (Å²) in [7, 11) is 0. The van der Waals surface area contributed by atoms with Crippen molar-refractivity contribution in [2.45, 2.75) is 13.3 Å². The first kappa shape index (κ1) is 15.9. The van der Waals surface area contributed by atoms with Gasteiger partial charge in [-0.15, -0.1) is 0 Å². The summed E-state index contributed by atoms with van der Waals surface area (Å²) in [5.74, 6) is -0.292. The lowest BCUT2D eigenvalue weighted by Crippen LogP contribution is -2.13. The molecule has 3 aromatic heterocycles. The van der Waals surface area contributed by atoms with E-state index >= 15 is 0 Å². The zero-order valence-electron chi connectivity index (χ0n) is 12.6. The van der Waals surface area contributed by atoms with Gasteiger partial charge in [-0.05, 0) is 25.1 Å². The predicted molar refractivity (Wildman–Crippen MR) is 82.4 cm³/mol. The summed E-state index contributed by atoms with van der Waals surface area (Å²) in [5, 5.41) is 2.52. The molecular weight excluding hydrogens is 320 g/mol. The highest BCUT2D eigenvalue weighted by molar-refractivity contribution is 6.03. The molecule has 3 heterocycles. The van der Waals surface area contributed by atoms with Crippen LogP contribution in [0.25, 0.3) is 11.1 Å². The summed E-state index contributed by atoms with van der Waals surface area (Å²) < 4.78 is 34.5. The van der Waals surface area contributed by atoms with Gasteiger partial charge in [-0.25, -0.2) is 13.8 Å². The molecule has 6 nitrogen and oxygen atoms in total. The molecule has 3 aromatic rings. The molecule has 1 N–H and O–H groups in total. The summed E-state index contributed by atoms with van der Waals surface area (Å²) in [6.07, 6.45) is -2.60. The van der Waals surface area contributed by atoms with Gasteiger partial charge in [-0.2, -0.15) is 4.98 Å². The van der Waals surface area contributed by atoms with E-state index in [4.69, 9.17) is 9.15 Å². The van der Waals surface area contributed by atoms with Crippen molar-refractivity contribution in [2.75, 3.05) is 11.9 Å². The molecule has 0 aliphatic rings. The molecule has 8 heteroatoms. The minimum absolute atomic E-state index is 0.00463. The van der Waals surface area contributed by atoms with Gasteiger partial charge >= 0.3 is 0 Å². The second-order valence-electron chi connectivity index (χ2n) is 4.96. The highest BCUT2D eigenvalue weighted by Gasteiger charge is 2.14. The molecule has 0 aliphatic carbocycles. The van der Waals surface area contributed by atoms with Crippen LogP contribution in [-0.4, -0.2) is 28.9 Å². The Morgan fingerprint density at radius 3 is 2.92 bits per heavy atom. The van der Waals surface area contributed by atoms with Crippen molar-refractivity contribution in [3.63, 3.8) is 0 Å². The monoisotopic (exact) mass is 333 g/mol. The number of alkyl halides is 2. The molecule has 1 amide bonds. The molecule has 0 atom stereocenters. The number of hydrogen-bond acceptors (Lipinski definition) is 5. The Morgan fingerprint density at radius 1 is 1.29 bits per heavy atom. The van der Waals surface area contributed by atoms with E-state index in [9.17, 15) is 13.6 Å². The Labute approximate surface area is 135 Å². The number of halogens is 2. The van der Waals surface area contributed by atoms with Crippen molar-refractivity contribution in [3.8, 4) is 5.88 Å². The summed E-state index contributed by atoms with van der Waals surface area (Å²) in [5.41, 5.74) is 1.87. The number of ether oxygens (including phenoxy) is 1. The van der Waals surface area contributed by atoms with Crippen LogP contribution in [0.4, 0.5) is 14.6 Å². The van der Waals surface area contributed by atoms with E-state index in [1.165, 1.54) is 24.3 Å². The first-order valence-electron chi connectivity index (χ1n) is 7.08. The van der Waals surface area contributed by atoms with Gasteiger partial charge in [0.1, 0.15) is 11.3 Å². The quantitative estimate of drug-likeness (QED) is 0.774. The van der Waals surface area contributed by atoms with E-state index in [1.54, 1.807) is 12.1 Å². The van der Waals surface area contributed by atoms with E-state index in [1.807, 2.05) is 6.92 Å². The van der Waals surface area contributed by atoms with Crippen molar-refractivity contribution in [3.05, 3.63) is 47.9 Å². The fourth-order valence-corrected chi connectivity index (χ4v) is 2.03. The number of carbonyl (C=O) groups is 1. The van der Waals surface area contributed by atoms with E-state index in [0.29, 0.717) is 11.1 Å². The van der Waals surface area contributed by atoms with Gasteiger partial charge in [-0.3, -0.25) is 4.79 Å². The smallest absolute Gasteiger partial charge is 0.292 e. The molecule has 0 aliphatic heterocycles. The van der Waals surface area contributed by atoms with Gasteiger partial charge in [0.2, 0.25) is 5.88 Å². The van der Waals surface area contributed by atoms with E-state index in [-0.39, 0.29) is 17.5 Å². The molecule has 0 bridgehead atoms. The second-order valence-corrected chi connectivity index (χ2v) is 4.96. The van der Waals surface area contributed by atoms with E-state index < -0.39 is 18.9 Å². The number of nitrogens with one attached hydrogen (secondary N) is 1. The molecule has 0 unspecified atom stereocenters. The summed E-state index contributed by atoms with van der Waals surface area (Å²) >= 11 is 0. The van der Waals surface area contributed by atoms with Gasteiger partial charge in [0.15, 0.2) is 18.0 Å². The molecule has 0 aromatic carbocycles. The Kier molecular flexibility index (Phi) is 4.37. The number of aromatic nitrogens is 2. The SMILES string of the molecule is Cc1ccc2oc(C(=O)Nc3cccc(OCC(F)F)n3)cc2n1. The third-order valence-corrected chi connectivity index (χ3v) is 3.06. The van der Waals surface area contributed by atoms with Crippen LogP contribution in [0.3, 0.4) is 0 Å². The van der Waals surface area contributed by atoms with Crippen LogP contribution in [-0.2, 0) is 0 Å². The van der Waals surface area contributed by atoms with E-state index in [0.717, 1.165) is 5.69 Å². The molecule has 0 fully saturated rings. The molecule has 24 heavy (non-hydrogen) atoms. The van der Waals surface area contributed by atoms with Crippen molar-refractivity contribution in [2.24, 2.45) is 0 Å².